The van der Waals surface area contributed by atoms with Gasteiger partial charge in [-0.2, -0.15) is 0 Å². The Morgan fingerprint density at radius 3 is 1.48 bits per heavy atom. The summed E-state index contributed by atoms with van der Waals surface area (Å²) in [7, 11) is 0. The number of pyridine rings is 1. The SMILES string of the molecule is c1ccc(-c2ccc(-c3nc(-c4ccccc4)nc(-c4cc(-c5cccnc5)cc(N5c6ccccc6Oc6ccccc65)c4)n3)cc2)cc1. The van der Waals surface area contributed by atoms with Gasteiger partial charge in [0, 0.05) is 40.3 Å². The Hall–Kier alpha value is -6.92. The summed E-state index contributed by atoms with van der Waals surface area (Å²) in [5.41, 5.74) is 9.77. The molecule has 0 bridgehead atoms. The van der Waals surface area contributed by atoms with Crippen LogP contribution < -0.4 is 9.64 Å². The van der Waals surface area contributed by atoms with Crippen molar-refractivity contribution in [3.63, 3.8) is 0 Å². The summed E-state index contributed by atoms with van der Waals surface area (Å²) in [4.78, 5) is 21.9. The summed E-state index contributed by atoms with van der Waals surface area (Å²) in [6.07, 6.45) is 3.67. The molecule has 236 valence electrons. The van der Waals surface area contributed by atoms with E-state index in [0.29, 0.717) is 17.5 Å². The Morgan fingerprint density at radius 2 is 0.860 bits per heavy atom. The molecule has 0 fully saturated rings. The lowest BCUT2D eigenvalue weighted by Gasteiger charge is -2.33. The first-order valence-electron chi connectivity index (χ1n) is 16.5. The van der Waals surface area contributed by atoms with Crippen LogP contribution in [0.15, 0.2) is 176 Å². The molecule has 0 atom stereocenters. The van der Waals surface area contributed by atoms with Gasteiger partial charge in [-0.05, 0) is 65.2 Å². The molecule has 0 amide bonds. The summed E-state index contributed by atoms with van der Waals surface area (Å²) in [6.45, 7) is 0. The van der Waals surface area contributed by atoms with Gasteiger partial charge in [0.05, 0.1) is 11.4 Å². The minimum absolute atomic E-state index is 0.572. The highest BCUT2D eigenvalue weighted by atomic mass is 16.5. The molecule has 1 aliphatic rings. The van der Waals surface area contributed by atoms with Gasteiger partial charge in [-0.25, -0.2) is 15.0 Å². The zero-order valence-corrected chi connectivity index (χ0v) is 26.9. The number of ether oxygens (including phenoxy) is 1. The number of nitrogens with zero attached hydrogens (tertiary/aromatic N) is 5. The van der Waals surface area contributed by atoms with E-state index in [2.05, 4.69) is 94.8 Å². The lowest BCUT2D eigenvalue weighted by atomic mass is 10.0. The molecule has 1 aliphatic heterocycles. The van der Waals surface area contributed by atoms with Crippen molar-refractivity contribution in [3.8, 4) is 67.9 Å². The van der Waals surface area contributed by atoms with Gasteiger partial charge >= 0.3 is 0 Å². The zero-order valence-electron chi connectivity index (χ0n) is 26.9. The smallest absolute Gasteiger partial charge is 0.164 e. The quantitative estimate of drug-likeness (QED) is 0.180. The van der Waals surface area contributed by atoms with Crippen molar-refractivity contribution in [3.05, 3.63) is 176 Å². The van der Waals surface area contributed by atoms with Crippen LogP contribution in [0.2, 0.25) is 0 Å². The van der Waals surface area contributed by atoms with Gasteiger partial charge in [0.2, 0.25) is 0 Å². The van der Waals surface area contributed by atoms with E-state index in [9.17, 15) is 0 Å². The maximum atomic E-state index is 6.34. The minimum Gasteiger partial charge on any atom is -0.453 e. The molecule has 0 aliphatic carbocycles. The fraction of sp³-hybridized carbons (Fsp3) is 0. The van der Waals surface area contributed by atoms with E-state index >= 15 is 0 Å². The van der Waals surface area contributed by atoms with Crippen LogP contribution in [-0.4, -0.2) is 19.9 Å². The highest BCUT2D eigenvalue weighted by Gasteiger charge is 2.26. The van der Waals surface area contributed by atoms with E-state index in [-0.39, 0.29) is 0 Å². The van der Waals surface area contributed by atoms with Crippen LogP contribution in [0.25, 0.3) is 56.4 Å². The molecule has 8 aromatic rings. The van der Waals surface area contributed by atoms with E-state index in [1.54, 1.807) is 6.20 Å². The minimum atomic E-state index is 0.572. The Labute approximate surface area is 290 Å². The molecular weight excluding hydrogens is 615 g/mol. The second-order valence-electron chi connectivity index (χ2n) is 12.0. The molecule has 2 aromatic heterocycles. The molecule has 0 radical (unpaired) electrons. The molecular formula is C44H29N5O. The van der Waals surface area contributed by atoms with Crippen molar-refractivity contribution in [2.75, 3.05) is 4.90 Å². The molecule has 50 heavy (non-hydrogen) atoms. The third-order valence-corrected chi connectivity index (χ3v) is 8.78. The topological polar surface area (TPSA) is 64.0 Å². The molecule has 0 saturated carbocycles. The average molecular weight is 644 g/mol. The zero-order chi connectivity index (χ0) is 33.3. The van der Waals surface area contributed by atoms with Crippen LogP contribution in [0, 0.1) is 0 Å². The first-order chi connectivity index (χ1) is 24.8. The molecule has 0 unspecified atom stereocenters. The van der Waals surface area contributed by atoms with Crippen LogP contribution in [0.5, 0.6) is 11.5 Å². The van der Waals surface area contributed by atoms with Crippen LogP contribution in [0.1, 0.15) is 0 Å². The number of fused-ring (bicyclic) bond motifs is 2. The van der Waals surface area contributed by atoms with Crippen LogP contribution >= 0.6 is 0 Å². The number of aromatic nitrogens is 4. The van der Waals surface area contributed by atoms with Crippen molar-refractivity contribution in [2.24, 2.45) is 0 Å². The van der Waals surface area contributed by atoms with Crippen molar-refractivity contribution < 1.29 is 4.74 Å². The maximum absolute atomic E-state index is 6.34. The first-order valence-corrected chi connectivity index (χ1v) is 16.5. The highest BCUT2D eigenvalue weighted by Crippen LogP contribution is 2.51. The predicted molar refractivity (Wildman–Crippen MR) is 200 cm³/mol. The van der Waals surface area contributed by atoms with Gasteiger partial charge in [0.25, 0.3) is 0 Å². The van der Waals surface area contributed by atoms with Gasteiger partial charge in [-0.15, -0.1) is 0 Å². The van der Waals surface area contributed by atoms with Gasteiger partial charge < -0.3 is 9.64 Å². The lowest BCUT2D eigenvalue weighted by Crippen LogP contribution is -2.16. The van der Waals surface area contributed by atoms with E-state index in [0.717, 1.165) is 67.5 Å². The largest absolute Gasteiger partial charge is 0.453 e. The summed E-state index contributed by atoms with van der Waals surface area (Å²) in [5, 5.41) is 0. The first kappa shape index (κ1) is 29.2. The number of hydrogen-bond acceptors (Lipinski definition) is 6. The standard InChI is InChI=1S/C44H29N5O/c1-3-12-30(13-4-1)31-21-23-33(24-22-31)43-46-42(32-14-5-2-6-15-32)47-44(48-43)36-26-35(34-16-11-25-45-29-34)27-37(28-36)49-38-17-7-9-19-40(38)50-41-20-10-8-18-39(41)49/h1-29H. The summed E-state index contributed by atoms with van der Waals surface area (Å²) in [5.74, 6) is 3.35. The molecule has 0 N–H and O–H groups in total. The maximum Gasteiger partial charge on any atom is 0.164 e. The molecule has 9 rings (SSSR count). The monoisotopic (exact) mass is 643 g/mol. The fourth-order valence-electron chi connectivity index (χ4n) is 6.35. The lowest BCUT2D eigenvalue weighted by molar-refractivity contribution is 0.477. The molecule has 6 heteroatoms. The van der Waals surface area contributed by atoms with Gasteiger partial charge in [-0.1, -0.05) is 115 Å². The average Bonchev–Trinajstić information content (AvgIpc) is 3.20. The van der Waals surface area contributed by atoms with E-state index in [1.165, 1.54) is 0 Å². The second kappa shape index (κ2) is 12.6. The Bertz CT molecular complexity index is 2410. The normalized spacial score (nSPS) is 11.7. The third kappa shape index (κ3) is 5.55. The van der Waals surface area contributed by atoms with Gasteiger partial charge in [0.15, 0.2) is 29.0 Å². The van der Waals surface area contributed by atoms with Crippen LogP contribution in [0.3, 0.4) is 0 Å². The van der Waals surface area contributed by atoms with Crippen LogP contribution in [0.4, 0.5) is 17.1 Å². The Morgan fingerprint density at radius 1 is 0.380 bits per heavy atom. The van der Waals surface area contributed by atoms with Crippen molar-refractivity contribution >= 4 is 17.1 Å². The second-order valence-corrected chi connectivity index (χ2v) is 12.0. The van der Waals surface area contributed by atoms with E-state index < -0.39 is 0 Å². The summed E-state index contributed by atoms with van der Waals surface area (Å²) < 4.78 is 6.34. The Kier molecular flexibility index (Phi) is 7.37. The number of benzene rings is 6. The van der Waals surface area contributed by atoms with Gasteiger partial charge in [0.1, 0.15) is 0 Å². The summed E-state index contributed by atoms with van der Waals surface area (Å²) >= 11 is 0. The highest BCUT2D eigenvalue weighted by molar-refractivity contribution is 5.89. The number of anilines is 3. The summed E-state index contributed by atoms with van der Waals surface area (Å²) in [6, 6.07) is 55.5. The fourth-order valence-corrected chi connectivity index (χ4v) is 6.35. The van der Waals surface area contributed by atoms with Crippen molar-refractivity contribution in [1.29, 1.82) is 0 Å². The molecule has 0 saturated heterocycles. The van der Waals surface area contributed by atoms with Crippen molar-refractivity contribution in [1.82, 2.24) is 19.9 Å². The van der Waals surface area contributed by atoms with Crippen LogP contribution in [-0.2, 0) is 0 Å². The third-order valence-electron chi connectivity index (χ3n) is 8.78. The van der Waals surface area contributed by atoms with Gasteiger partial charge in [-0.3, -0.25) is 4.98 Å². The van der Waals surface area contributed by atoms with E-state index in [4.69, 9.17) is 19.7 Å². The number of para-hydroxylation sites is 4. The molecule has 3 heterocycles. The molecule has 0 spiro atoms. The Balaban J connectivity index is 1.24. The van der Waals surface area contributed by atoms with Crippen molar-refractivity contribution in [2.45, 2.75) is 0 Å². The molecule has 6 nitrogen and oxygen atoms in total. The number of rotatable bonds is 6. The van der Waals surface area contributed by atoms with E-state index in [1.807, 2.05) is 85.1 Å². The molecule has 6 aromatic carbocycles. The number of hydrogen-bond donors (Lipinski definition) is 0. The predicted octanol–water partition coefficient (Wildman–Crippen LogP) is 11.2.